The topological polar surface area (TPSA) is 117 Å². The minimum absolute atomic E-state index is 0.0200. The number of rotatable bonds is 3. The van der Waals surface area contributed by atoms with Gasteiger partial charge >= 0.3 is 0 Å². The molecule has 0 bridgehead atoms. The van der Waals surface area contributed by atoms with Crippen molar-refractivity contribution in [2.24, 2.45) is 5.84 Å². The van der Waals surface area contributed by atoms with Gasteiger partial charge in [-0.25, -0.2) is 10.2 Å². The Balaban J connectivity index is 2.21. The third kappa shape index (κ3) is 2.85. The fraction of sp³-hybridized carbons (Fsp3) is 0. The summed E-state index contributed by atoms with van der Waals surface area (Å²) >= 11 is 0. The van der Waals surface area contributed by atoms with Gasteiger partial charge in [-0.05, 0) is 30.3 Å². The second-order valence-electron chi connectivity index (χ2n) is 3.70. The standard InChI is InChI=1S/C12H9FN6O/c13-8-1-2-9(7(5-8)6-14)16-12(20)10-3-4-11(17-15)19-18-10/h1-5H,15H2,(H,16,20)(H,17,19). The van der Waals surface area contributed by atoms with Gasteiger partial charge in [0.05, 0.1) is 11.3 Å². The zero-order valence-electron chi connectivity index (χ0n) is 10.1. The van der Waals surface area contributed by atoms with Crippen LogP contribution in [0.25, 0.3) is 0 Å². The van der Waals surface area contributed by atoms with E-state index in [4.69, 9.17) is 11.1 Å². The summed E-state index contributed by atoms with van der Waals surface area (Å²) in [5, 5.41) is 18.6. The van der Waals surface area contributed by atoms with Crippen molar-refractivity contribution in [3.63, 3.8) is 0 Å². The lowest BCUT2D eigenvalue weighted by molar-refractivity contribution is 0.102. The van der Waals surface area contributed by atoms with Crippen LogP contribution < -0.4 is 16.6 Å². The molecule has 0 atom stereocenters. The molecule has 2 rings (SSSR count). The largest absolute Gasteiger partial charge is 0.319 e. The number of carbonyl (C=O) groups is 1. The van der Waals surface area contributed by atoms with Crippen molar-refractivity contribution < 1.29 is 9.18 Å². The van der Waals surface area contributed by atoms with Crippen molar-refractivity contribution in [2.75, 3.05) is 10.7 Å². The number of nitrogens with zero attached hydrogens (tertiary/aromatic N) is 3. The molecular weight excluding hydrogens is 263 g/mol. The molecule has 0 saturated heterocycles. The highest BCUT2D eigenvalue weighted by atomic mass is 19.1. The molecule has 0 spiro atoms. The summed E-state index contributed by atoms with van der Waals surface area (Å²) in [6.45, 7) is 0. The van der Waals surface area contributed by atoms with Gasteiger partial charge in [0, 0.05) is 0 Å². The SMILES string of the molecule is N#Cc1cc(F)ccc1NC(=O)c1ccc(NN)nn1. The van der Waals surface area contributed by atoms with E-state index in [1.54, 1.807) is 6.07 Å². The van der Waals surface area contributed by atoms with E-state index in [1.165, 1.54) is 18.2 Å². The minimum atomic E-state index is -0.566. The molecule has 0 radical (unpaired) electrons. The Morgan fingerprint density at radius 2 is 2.10 bits per heavy atom. The number of hydrogen-bond acceptors (Lipinski definition) is 6. The number of carbonyl (C=O) groups excluding carboxylic acids is 1. The number of anilines is 2. The molecule has 4 N–H and O–H groups in total. The van der Waals surface area contributed by atoms with E-state index in [9.17, 15) is 9.18 Å². The zero-order chi connectivity index (χ0) is 14.5. The Bertz CT molecular complexity index is 679. The highest BCUT2D eigenvalue weighted by Crippen LogP contribution is 2.16. The lowest BCUT2D eigenvalue weighted by Crippen LogP contribution is -2.16. The van der Waals surface area contributed by atoms with Crippen LogP contribution in [0.15, 0.2) is 30.3 Å². The van der Waals surface area contributed by atoms with E-state index in [0.29, 0.717) is 5.82 Å². The Labute approximate surface area is 113 Å². The Kier molecular flexibility index (Phi) is 3.83. The van der Waals surface area contributed by atoms with Gasteiger partial charge in [0.1, 0.15) is 11.9 Å². The van der Waals surface area contributed by atoms with Crippen LogP contribution in [0, 0.1) is 17.1 Å². The van der Waals surface area contributed by atoms with Crippen LogP contribution in [0.5, 0.6) is 0 Å². The molecule has 7 nitrogen and oxygen atoms in total. The number of halogens is 1. The minimum Gasteiger partial charge on any atom is -0.319 e. The van der Waals surface area contributed by atoms with Crippen LogP contribution in [0.4, 0.5) is 15.9 Å². The van der Waals surface area contributed by atoms with E-state index < -0.39 is 11.7 Å². The molecule has 0 aliphatic carbocycles. The number of hydrogen-bond donors (Lipinski definition) is 3. The monoisotopic (exact) mass is 272 g/mol. The molecule has 0 aliphatic rings. The summed E-state index contributed by atoms with van der Waals surface area (Å²) in [6, 6.07) is 8.15. The molecule has 1 heterocycles. The van der Waals surface area contributed by atoms with Gasteiger partial charge in [-0.1, -0.05) is 0 Å². The van der Waals surface area contributed by atoms with Gasteiger partial charge in [-0.2, -0.15) is 5.26 Å². The molecule has 20 heavy (non-hydrogen) atoms. The summed E-state index contributed by atoms with van der Waals surface area (Å²) in [5.74, 6) is 4.31. The highest BCUT2D eigenvalue weighted by molar-refractivity contribution is 6.03. The lowest BCUT2D eigenvalue weighted by Gasteiger charge is -2.06. The van der Waals surface area contributed by atoms with Crippen LogP contribution in [-0.4, -0.2) is 16.1 Å². The van der Waals surface area contributed by atoms with Crippen molar-refractivity contribution >= 4 is 17.4 Å². The molecule has 100 valence electrons. The van der Waals surface area contributed by atoms with Crippen LogP contribution in [-0.2, 0) is 0 Å². The fourth-order valence-corrected chi connectivity index (χ4v) is 1.43. The number of nitrogens with one attached hydrogen (secondary N) is 2. The third-order valence-electron chi connectivity index (χ3n) is 2.40. The van der Waals surface area contributed by atoms with Gasteiger partial charge in [-0.3, -0.25) is 4.79 Å². The number of nitrogens with two attached hydrogens (primary N) is 1. The van der Waals surface area contributed by atoms with E-state index in [1.807, 2.05) is 0 Å². The lowest BCUT2D eigenvalue weighted by atomic mass is 10.2. The second-order valence-corrected chi connectivity index (χ2v) is 3.70. The smallest absolute Gasteiger partial charge is 0.276 e. The number of benzene rings is 1. The maximum Gasteiger partial charge on any atom is 0.276 e. The maximum absolute atomic E-state index is 13.0. The summed E-state index contributed by atoms with van der Waals surface area (Å²) in [4.78, 5) is 11.9. The first-order chi connectivity index (χ1) is 9.63. The van der Waals surface area contributed by atoms with Crippen LogP contribution >= 0.6 is 0 Å². The average molecular weight is 272 g/mol. The highest BCUT2D eigenvalue weighted by Gasteiger charge is 2.11. The average Bonchev–Trinajstić information content (AvgIpc) is 2.49. The van der Waals surface area contributed by atoms with Crippen LogP contribution in [0.3, 0.4) is 0 Å². The van der Waals surface area contributed by atoms with Gasteiger partial charge in [0.25, 0.3) is 5.91 Å². The molecule has 0 fully saturated rings. The van der Waals surface area contributed by atoms with Gasteiger partial charge < -0.3 is 10.7 Å². The van der Waals surface area contributed by atoms with Gasteiger partial charge in [0.15, 0.2) is 11.5 Å². The number of amides is 1. The second kappa shape index (κ2) is 5.73. The normalized spacial score (nSPS) is 9.65. The Hall–Kier alpha value is -3.05. The molecule has 1 amide bonds. The summed E-state index contributed by atoms with van der Waals surface area (Å²) in [7, 11) is 0. The predicted molar refractivity (Wildman–Crippen MR) is 68.9 cm³/mol. The van der Waals surface area contributed by atoms with Crippen molar-refractivity contribution in [3.8, 4) is 6.07 Å². The first kappa shape index (κ1) is 13.4. The quantitative estimate of drug-likeness (QED) is 0.567. The van der Waals surface area contributed by atoms with Crippen molar-refractivity contribution in [1.29, 1.82) is 5.26 Å². The van der Waals surface area contributed by atoms with E-state index in [2.05, 4.69) is 20.9 Å². The van der Waals surface area contributed by atoms with Gasteiger partial charge in [-0.15, -0.1) is 10.2 Å². The van der Waals surface area contributed by atoms with Crippen LogP contribution in [0.1, 0.15) is 16.1 Å². The molecule has 0 aliphatic heterocycles. The molecule has 0 saturated carbocycles. The summed E-state index contributed by atoms with van der Waals surface area (Å²) in [5.41, 5.74) is 2.53. The number of aromatic nitrogens is 2. The van der Waals surface area contributed by atoms with E-state index in [0.717, 1.165) is 12.1 Å². The molecular formula is C12H9FN6O. The number of nitriles is 1. The molecule has 2 aromatic rings. The van der Waals surface area contributed by atoms with E-state index >= 15 is 0 Å². The van der Waals surface area contributed by atoms with Crippen molar-refractivity contribution in [2.45, 2.75) is 0 Å². The number of hydrazine groups is 1. The Morgan fingerprint density at radius 1 is 1.30 bits per heavy atom. The zero-order valence-corrected chi connectivity index (χ0v) is 10.1. The molecule has 0 unspecified atom stereocenters. The third-order valence-corrected chi connectivity index (χ3v) is 2.40. The first-order valence-corrected chi connectivity index (χ1v) is 5.45. The summed E-state index contributed by atoms with van der Waals surface area (Å²) in [6.07, 6.45) is 0. The van der Waals surface area contributed by atoms with Crippen molar-refractivity contribution in [1.82, 2.24) is 10.2 Å². The molecule has 8 heteroatoms. The molecule has 1 aromatic carbocycles. The fourth-order valence-electron chi connectivity index (χ4n) is 1.43. The van der Waals surface area contributed by atoms with Gasteiger partial charge in [0.2, 0.25) is 0 Å². The van der Waals surface area contributed by atoms with E-state index in [-0.39, 0.29) is 16.9 Å². The van der Waals surface area contributed by atoms with Crippen molar-refractivity contribution in [3.05, 3.63) is 47.4 Å². The first-order valence-electron chi connectivity index (χ1n) is 5.45. The predicted octanol–water partition coefficient (Wildman–Crippen LogP) is 1.03. The van der Waals surface area contributed by atoms with Crippen LogP contribution in [0.2, 0.25) is 0 Å². The number of nitrogen functional groups attached to an aromatic ring is 1. The Morgan fingerprint density at radius 3 is 2.70 bits per heavy atom. The maximum atomic E-state index is 13.0. The summed E-state index contributed by atoms with van der Waals surface area (Å²) < 4.78 is 13.0. The molecule has 1 aromatic heterocycles.